The Morgan fingerprint density at radius 3 is 2.46 bits per heavy atom. The molecule has 10 heteroatoms. The van der Waals surface area contributed by atoms with Gasteiger partial charge in [-0.25, -0.2) is 4.79 Å². The van der Waals surface area contributed by atoms with Crippen molar-refractivity contribution in [3.05, 3.63) is 0 Å². The zero-order chi connectivity index (χ0) is 18.5. The van der Waals surface area contributed by atoms with Crippen molar-refractivity contribution in [2.75, 3.05) is 6.54 Å². The molecule has 0 aromatic heterocycles. The number of hydrogen-bond acceptors (Lipinski definition) is 6. The highest BCUT2D eigenvalue weighted by Gasteiger charge is 2.49. The summed E-state index contributed by atoms with van der Waals surface area (Å²) < 4.78 is 0. The number of aliphatic hydroxyl groups excluding tert-OH is 2. The van der Waals surface area contributed by atoms with Gasteiger partial charge in [0, 0.05) is 19.4 Å². The fraction of sp³-hybridized carbons (Fsp3) is 0.786. The predicted octanol–water partition coefficient (Wildman–Crippen LogP) is -2.70. The van der Waals surface area contributed by atoms with Crippen molar-refractivity contribution in [3.63, 3.8) is 0 Å². The van der Waals surface area contributed by atoms with Gasteiger partial charge in [-0.2, -0.15) is 0 Å². The minimum Gasteiger partial charge on any atom is -0.390 e. The second-order valence-corrected chi connectivity index (χ2v) is 6.10. The molecule has 4 amide bonds. The third-order valence-corrected chi connectivity index (χ3v) is 3.96. The molecule has 0 heterocycles. The van der Waals surface area contributed by atoms with Gasteiger partial charge in [-0.15, -0.1) is 0 Å². The van der Waals surface area contributed by atoms with Gasteiger partial charge in [0.2, 0.25) is 5.91 Å². The van der Waals surface area contributed by atoms with Gasteiger partial charge in [-0.3, -0.25) is 9.59 Å². The number of aliphatic hydroxyl groups is 3. The molecular formula is C14H26N4O6. The number of amides is 4. The van der Waals surface area contributed by atoms with Gasteiger partial charge in [0.15, 0.2) is 0 Å². The van der Waals surface area contributed by atoms with Crippen molar-refractivity contribution >= 4 is 17.8 Å². The van der Waals surface area contributed by atoms with E-state index in [4.69, 9.17) is 5.73 Å². The molecule has 0 unspecified atom stereocenters. The summed E-state index contributed by atoms with van der Waals surface area (Å²) in [6.07, 6.45) is -2.79. The molecule has 1 aliphatic rings. The number of hydrogen-bond donors (Lipinski definition) is 7. The van der Waals surface area contributed by atoms with Crippen LogP contribution >= 0.6 is 0 Å². The maximum atomic E-state index is 12.2. The summed E-state index contributed by atoms with van der Waals surface area (Å²) in [6.45, 7) is 3.63. The first-order chi connectivity index (χ1) is 11.1. The molecule has 10 nitrogen and oxygen atoms in total. The molecule has 1 saturated carbocycles. The summed E-state index contributed by atoms with van der Waals surface area (Å²) in [6, 6.07) is -2.63. The Bertz CT molecular complexity index is 488. The minimum absolute atomic E-state index is 0.317. The summed E-state index contributed by atoms with van der Waals surface area (Å²) in [5.74, 6) is -1.68. The van der Waals surface area contributed by atoms with E-state index in [2.05, 4.69) is 16.0 Å². The Morgan fingerprint density at radius 2 is 1.92 bits per heavy atom. The van der Waals surface area contributed by atoms with Gasteiger partial charge in [0.1, 0.15) is 17.7 Å². The summed E-state index contributed by atoms with van der Waals surface area (Å²) in [5.41, 5.74) is 3.01. The second kappa shape index (κ2) is 8.27. The van der Waals surface area contributed by atoms with E-state index >= 15 is 0 Å². The van der Waals surface area contributed by atoms with E-state index in [0.717, 1.165) is 0 Å². The monoisotopic (exact) mass is 346 g/mol. The molecule has 0 radical (unpaired) electrons. The van der Waals surface area contributed by atoms with Gasteiger partial charge in [-0.1, -0.05) is 6.92 Å². The number of nitrogens with two attached hydrogens (primary N) is 1. The van der Waals surface area contributed by atoms with Gasteiger partial charge < -0.3 is 37.0 Å². The summed E-state index contributed by atoms with van der Waals surface area (Å²) in [5, 5.41) is 37.6. The summed E-state index contributed by atoms with van der Waals surface area (Å²) in [7, 11) is 0. The van der Waals surface area contributed by atoms with Crippen molar-refractivity contribution in [1.29, 1.82) is 0 Å². The second-order valence-electron chi connectivity index (χ2n) is 6.10. The van der Waals surface area contributed by atoms with Crippen LogP contribution in [0, 0.1) is 0 Å². The molecule has 0 spiro atoms. The zero-order valence-corrected chi connectivity index (χ0v) is 13.8. The fourth-order valence-corrected chi connectivity index (χ4v) is 2.48. The molecule has 0 bridgehead atoms. The van der Waals surface area contributed by atoms with Crippen molar-refractivity contribution in [2.45, 2.75) is 63.0 Å². The molecular weight excluding hydrogens is 320 g/mol. The van der Waals surface area contributed by atoms with E-state index in [1.54, 1.807) is 0 Å². The van der Waals surface area contributed by atoms with E-state index < -0.39 is 54.2 Å². The maximum absolute atomic E-state index is 12.2. The fourth-order valence-electron chi connectivity index (χ4n) is 2.48. The molecule has 0 aliphatic heterocycles. The minimum atomic E-state index is -2.05. The first-order valence-electron chi connectivity index (χ1n) is 7.84. The van der Waals surface area contributed by atoms with Gasteiger partial charge in [0.25, 0.3) is 5.91 Å². The first-order valence-corrected chi connectivity index (χ1v) is 7.84. The third kappa shape index (κ3) is 5.05. The maximum Gasteiger partial charge on any atom is 0.315 e. The Kier molecular flexibility index (Phi) is 6.93. The smallest absolute Gasteiger partial charge is 0.315 e. The number of carbonyl (C=O) groups is 3. The van der Waals surface area contributed by atoms with Crippen LogP contribution in [0.2, 0.25) is 0 Å². The predicted molar refractivity (Wildman–Crippen MR) is 83.6 cm³/mol. The molecule has 0 saturated heterocycles. The average molecular weight is 346 g/mol. The Labute approximate surface area is 139 Å². The number of primary amides is 1. The molecule has 1 fully saturated rings. The number of nitrogens with one attached hydrogen (secondary N) is 3. The lowest BCUT2D eigenvalue weighted by molar-refractivity contribution is -0.158. The van der Waals surface area contributed by atoms with Crippen LogP contribution in [0.25, 0.3) is 0 Å². The van der Waals surface area contributed by atoms with Crippen LogP contribution < -0.4 is 21.7 Å². The highest BCUT2D eigenvalue weighted by Crippen LogP contribution is 2.29. The molecule has 138 valence electrons. The van der Waals surface area contributed by atoms with E-state index in [1.807, 2.05) is 6.92 Å². The van der Waals surface area contributed by atoms with Crippen LogP contribution in [-0.2, 0) is 9.59 Å². The van der Waals surface area contributed by atoms with Crippen molar-refractivity contribution in [1.82, 2.24) is 16.0 Å². The topological polar surface area (TPSA) is 174 Å². The highest BCUT2D eigenvalue weighted by atomic mass is 16.3. The van der Waals surface area contributed by atoms with Crippen LogP contribution in [0.5, 0.6) is 0 Å². The van der Waals surface area contributed by atoms with Crippen LogP contribution in [0.4, 0.5) is 4.79 Å². The number of urea groups is 1. The third-order valence-electron chi connectivity index (χ3n) is 3.96. The van der Waals surface area contributed by atoms with Crippen LogP contribution in [-0.4, -0.2) is 69.6 Å². The average Bonchev–Trinajstić information content (AvgIpc) is 2.49. The first kappa shape index (κ1) is 20.1. The van der Waals surface area contributed by atoms with Crippen molar-refractivity contribution in [2.24, 2.45) is 5.73 Å². The van der Waals surface area contributed by atoms with Crippen LogP contribution in [0.1, 0.15) is 33.1 Å². The van der Waals surface area contributed by atoms with Crippen molar-refractivity contribution in [3.8, 4) is 0 Å². The van der Waals surface area contributed by atoms with Crippen molar-refractivity contribution < 1.29 is 29.7 Å². The molecule has 0 aromatic rings. The van der Waals surface area contributed by atoms with Gasteiger partial charge in [0.05, 0.1) is 12.1 Å². The standard InChI is InChI=1S/C14H26N4O6/c1-3-4-16-13(23)18-8-5-14(24,6-9(19)10(8)20)12(22)17-7(2)11(15)21/h7-10,19-20,24H,3-6H2,1-2H3,(H2,15,21)(H,17,22)(H2,16,18,23)/t7-,8+,9-,10-,14+/m1/s1. The largest absolute Gasteiger partial charge is 0.390 e. The number of carbonyl (C=O) groups excluding carboxylic acids is 3. The SMILES string of the molecule is CCCNC(=O)N[C@H]1C[C@@](O)(C(=O)N[C@H](C)C(N)=O)C[C@@H](O)[C@@H]1O. The zero-order valence-electron chi connectivity index (χ0n) is 13.8. The molecule has 5 atom stereocenters. The lowest BCUT2D eigenvalue weighted by atomic mass is 9.77. The van der Waals surface area contributed by atoms with E-state index in [0.29, 0.717) is 13.0 Å². The molecule has 24 heavy (non-hydrogen) atoms. The Balaban J connectivity index is 2.80. The Hall–Kier alpha value is -1.91. The Morgan fingerprint density at radius 1 is 1.29 bits per heavy atom. The van der Waals surface area contributed by atoms with E-state index in [-0.39, 0.29) is 6.42 Å². The van der Waals surface area contributed by atoms with Crippen LogP contribution in [0.15, 0.2) is 0 Å². The van der Waals surface area contributed by atoms with Gasteiger partial charge in [-0.05, 0) is 13.3 Å². The highest BCUT2D eigenvalue weighted by molar-refractivity contribution is 5.90. The van der Waals surface area contributed by atoms with Gasteiger partial charge >= 0.3 is 6.03 Å². The van der Waals surface area contributed by atoms with E-state index in [9.17, 15) is 29.7 Å². The lowest BCUT2D eigenvalue weighted by Crippen LogP contribution is -2.64. The lowest BCUT2D eigenvalue weighted by Gasteiger charge is -2.41. The molecule has 0 aromatic carbocycles. The quantitative estimate of drug-likeness (QED) is 0.275. The van der Waals surface area contributed by atoms with E-state index in [1.165, 1.54) is 6.92 Å². The molecule has 8 N–H and O–H groups in total. The summed E-state index contributed by atoms with van der Waals surface area (Å²) >= 11 is 0. The molecule has 1 rings (SSSR count). The van der Waals surface area contributed by atoms with Crippen LogP contribution in [0.3, 0.4) is 0 Å². The molecule has 1 aliphatic carbocycles. The number of rotatable bonds is 6. The summed E-state index contributed by atoms with van der Waals surface area (Å²) in [4.78, 5) is 34.9. The normalized spacial score (nSPS) is 31.0.